The number of imidazole rings is 1. The van der Waals surface area contributed by atoms with Crippen LogP contribution in [0, 0.1) is 4.77 Å². The van der Waals surface area contributed by atoms with Gasteiger partial charge < -0.3 is 14.3 Å². The number of aryl methyl sites for hydroxylation is 3. The summed E-state index contributed by atoms with van der Waals surface area (Å²) in [7, 11) is 1.97. The summed E-state index contributed by atoms with van der Waals surface area (Å²) < 4.78 is 10.3. The minimum absolute atomic E-state index is 0.771. The molecule has 0 aliphatic carbocycles. The smallest absolute Gasteiger partial charge is 0.179 e. The molecule has 0 bridgehead atoms. The predicted molar refractivity (Wildman–Crippen MR) is 79.0 cm³/mol. The molecule has 0 saturated carbocycles. The molecule has 0 aliphatic rings. The molecule has 0 aromatic carbocycles. The number of rotatable bonds is 7. The van der Waals surface area contributed by atoms with Crippen LogP contribution in [0.1, 0.15) is 32.4 Å². The Morgan fingerprint density at radius 1 is 1.32 bits per heavy atom. The number of hydrogen-bond acceptors (Lipinski definition) is 3. The van der Waals surface area contributed by atoms with Crippen molar-refractivity contribution in [3.05, 3.63) is 10.5 Å². The standard InChI is InChI=1S/C13H22N4OS/c1-4-8-18-9-6-7-17-12-11(14-13(17)19)10(5-2)15-16(12)3/h4-9H2,1-3H3,(H,14,19). The molecule has 1 N–H and O–H groups in total. The first kappa shape index (κ1) is 14.3. The van der Waals surface area contributed by atoms with Crippen LogP contribution in [0.3, 0.4) is 0 Å². The monoisotopic (exact) mass is 282 g/mol. The quantitative estimate of drug-likeness (QED) is 0.627. The first-order valence-electron chi connectivity index (χ1n) is 6.91. The largest absolute Gasteiger partial charge is 0.381 e. The molecule has 2 aromatic rings. The van der Waals surface area contributed by atoms with Crippen molar-refractivity contribution >= 4 is 23.4 Å². The van der Waals surface area contributed by atoms with E-state index in [-0.39, 0.29) is 0 Å². The molecule has 0 spiro atoms. The van der Waals surface area contributed by atoms with Crippen LogP contribution in [0.25, 0.3) is 11.2 Å². The second-order valence-electron chi connectivity index (χ2n) is 4.67. The zero-order valence-electron chi connectivity index (χ0n) is 11.9. The minimum atomic E-state index is 0.771. The molecule has 0 atom stereocenters. The van der Waals surface area contributed by atoms with Gasteiger partial charge in [-0.25, -0.2) is 0 Å². The Morgan fingerprint density at radius 2 is 2.11 bits per heavy atom. The summed E-state index contributed by atoms with van der Waals surface area (Å²) >= 11 is 5.40. The molecular weight excluding hydrogens is 260 g/mol. The molecule has 6 heteroatoms. The van der Waals surface area contributed by atoms with E-state index in [0.717, 1.165) is 60.6 Å². The van der Waals surface area contributed by atoms with E-state index in [0.29, 0.717) is 0 Å². The van der Waals surface area contributed by atoms with Gasteiger partial charge in [0.05, 0.1) is 5.69 Å². The van der Waals surface area contributed by atoms with Crippen LogP contribution >= 0.6 is 12.2 Å². The zero-order chi connectivity index (χ0) is 13.8. The Balaban J connectivity index is 2.16. The summed E-state index contributed by atoms with van der Waals surface area (Å²) in [6, 6.07) is 0. The van der Waals surface area contributed by atoms with E-state index in [1.54, 1.807) is 0 Å². The van der Waals surface area contributed by atoms with Gasteiger partial charge in [-0.3, -0.25) is 4.68 Å². The van der Waals surface area contributed by atoms with E-state index >= 15 is 0 Å². The highest BCUT2D eigenvalue weighted by Crippen LogP contribution is 2.18. The second kappa shape index (κ2) is 6.34. The number of nitrogens with zero attached hydrogens (tertiary/aromatic N) is 3. The van der Waals surface area contributed by atoms with Crippen molar-refractivity contribution in [1.29, 1.82) is 0 Å². The Hall–Kier alpha value is -1.14. The highest BCUT2D eigenvalue weighted by Gasteiger charge is 2.13. The maximum atomic E-state index is 5.51. The lowest BCUT2D eigenvalue weighted by atomic mass is 10.3. The highest BCUT2D eigenvalue weighted by atomic mass is 32.1. The Morgan fingerprint density at radius 3 is 2.79 bits per heavy atom. The Labute approximate surface area is 118 Å². The average Bonchev–Trinajstić information content (AvgIpc) is 2.87. The third kappa shape index (κ3) is 2.90. The molecule has 0 aliphatic heterocycles. The van der Waals surface area contributed by atoms with Gasteiger partial charge in [0.25, 0.3) is 0 Å². The molecule has 106 valence electrons. The van der Waals surface area contributed by atoms with Crippen molar-refractivity contribution in [3.63, 3.8) is 0 Å². The molecule has 2 rings (SSSR count). The fraction of sp³-hybridized carbons (Fsp3) is 0.692. The van der Waals surface area contributed by atoms with E-state index in [4.69, 9.17) is 17.0 Å². The van der Waals surface area contributed by atoms with E-state index in [9.17, 15) is 0 Å². The van der Waals surface area contributed by atoms with E-state index in [1.807, 2.05) is 11.7 Å². The summed E-state index contributed by atoms with van der Waals surface area (Å²) in [5, 5.41) is 4.51. The number of aromatic amines is 1. The Kier molecular flexibility index (Phi) is 4.76. The van der Waals surface area contributed by atoms with E-state index < -0.39 is 0 Å². The summed E-state index contributed by atoms with van der Waals surface area (Å²) in [6.45, 7) is 6.70. The van der Waals surface area contributed by atoms with Gasteiger partial charge in [-0.15, -0.1) is 0 Å². The van der Waals surface area contributed by atoms with Gasteiger partial charge in [0.2, 0.25) is 0 Å². The van der Waals surface area contributed by atoms with Gasteiger partial charge in [0.1, 0.15) is 5.52 Å². The van der Waals surface area contributed by atoms with Crippen molar-refractivity contribution in [2.24, 2.45) is 7.05 Å². The van der Waals surface area contributed by atoms with E-state index in [2.05, 4.69) is 28.5 Å². The molecule has 2 aromatic heterocycles. The van der Waals surface area contributed by atoms with Crippen LogP contribution in [-0.4, -0.2) is 32.5 Å². The summed E-state index contributed by atoms with van der Waals surface area (Å²) in [6.07, 6.45) is 2.94. The summed E-state index contributed by atoms with van der Waals surface area (Å²) in [5.74, 6) is 0. The van der Waals surface area contributed by atoms with Crippen molar-refractivity contribution in [3.8, 4) is 0 Å². The fourth-order valence-electron chi connectivity index (χ4n) is 2.30. The summed E-state index contributed by atoms with van der Waals surface area (Å²) in [4.78, 5) is 3.27. The molecule has 0 saturated heterocycles. The number of nitrogens with one attached hydrogen (secondary N) is 1. The molecule has 0 unspecified atom stereocenters. The molecule has 0 radical (unpaired) electrons. The van der Waals surface area contributed by atoms with Gasteiger partial charge in [0.15, 0.2) is 10.4 Å². The van der Waals surface area contributed by atoms with Crippen molar-refractivity contribution < 1.29 is 4.74 Å². The minimum Gasteiger partial charge on any atom is -0.381 e. The third-order valence-electron chi connectivity index (χ3n) is 3.18. The molecular formula is C13H22N4OS. The van der Waals surface area contributed by atoms with Crippen LogP contribution < -0.4 is 0 Å². The van der Waals surface area contributed by atoms with Crippen molar-refractivity contribution in [1.82, 2.24) is 19.3 Å². The van der Waals surface area contributed by atoms with Crippen LogP contribution in [0.4, 0.5) is 0 Å². The topological polar surface area (TPSA) is 47.8 Å². The maximum Gasteiger partial charge on any atom is 0.179 e. The molecule has 0 amide bonds. The van der Waals surface area contributed by atoms with Gasteiger partial charge in [-0.05, 0) is 31.5 Å². The van der Waals surface area contributed by atoms with Crippen molar-refractivity contribution in [2.75, 3.05) is 13.2 Å². The van der Waals surface area contributed by atoms with Gasteiger partial charge in [-0.1, -0.05) is 13.8 Å². The fourth-order valence-corrected chi connectivity index (χ4v) is 2.58. The SMILES string of the molecule is CCCOCCCn1c(=S)[nH]c2c(CC)nn(C)c21. The Bertz CT molecular complexity index is 596. The van der Waals surface area contributed by atoms with Crippen molar-refractivity contribution in [2.45, 2.75) is 39.7 Å². The van der Waals surface area contributed by atoms with E-state index in [1.165, 1.54) is 0 Å². The highest BCUT2D eigenvalue weighted by molar-refractivity contribution is 7.71. The number of fused-ring (bicyclic) bond motifs is 1. The molecule has 5 nitrogen and oxygen atoms in total. The lowest BCUT2D eigenvalue weighted by Crippen LogP contribution is -2.06. The maximum absolute atomic E-state index is 5.51. The van der Waals surface area contributed by atoms with Crippen LogP contribution in [0.2, 0.25) is 0 Å². The van der Waals surface area contributed by atoms with Crippen LogP contribution in [0.5, 0.6) is 0 Å². The number of hydrogen-bond donors (Lipinski definition) is 1. The lowest BCUT2D eigenvalue weighted by molar-refractivity contribution is 0.129. The normalized spacial score (nSPS) is 11.5. The number of ether oxygens (including phenoxy) is 1. The van der Waals surface area contributed by atoms with Gasteiger partial charge >= 0.3 is 0 Å². The van der Waals surface area contributed by atoms with Crippen LogP contribution in [0.15, 0.2) is 0 Å². The average molecular weight is 282 g/mol. The first-order valence-corrected chi connectivity index (χ1v) is 7.32. The first-order chi connectivity index (χ1) is 9.19. The van der Waals surface area contributed by atoms with Gasteiger partial charge in [-0.2, -0.15) is 5.10 Å². The summed E-state index contributed by atoms with van der Waals surface area (Å²) in [5.41, 5.74) is 3.23. The predicted octanol–water partition coefficient (Wildman–Crippen LogP) is 2.81. The number of aromatic nitrogens is 4. The second-order valence-corrected chi connectivity index (χ2v) is 5.06. The van der Waals surface area contributed by atoms with Gasteiger partial charge in [0, 0.05) is 26.8 Å². The number of H-pyrrole nitrogens is 1. The lowest BCUT2D eigenvalue weighted by Gasteiger charge is -2.05. The zero-order valence-corrected chi connectivity index (χ0v) is 12.7. The van der Waals surface area contributed by atoms with Crippen LogP contribution in [-0.2, 0) is 24.8 Å². The molecule has 2 heterocycles. The third-order valence-corrected chi connectivity index (χ3v) is 3.50. The molecule has 19 heavy (non-hydrogen) atoms. The molecule has 0 fully saturated rings.